The van der Waals surface area contributed by atoms with Gasteiger partial charge in [0.15, 0.2) is 0 Å². The van der Waals surface area contributed by atoms with Crippen LogP contribution in [0.15, 0.2) is 0 Å². The summed E-state index contributed by atoms with van der Waals surface area (Å²) in [6.07, 6.45) is 2.86. The molecule has 0 bridgehead atoms. The fourth-order valence-corrected chi connectivity index (χ4v) is 1.77. The monoisotopic (exact) mass is 313 g/mol. The molecule has 0 aromatic carbocycles. The normalized spacial score (nSPS) is 11.0. The topological polar surface area (TPSA) is 72.5 Å². The SMILES string of the molecule is CC(C)C(=O)CCCCOCCNC(=O)CCC(=O)C(C)C. The molecule has 0 atom stereocenters. The smallest absolute Gasteiger partial charge is 0.220 e. The number of ketones is 2. The van der Waals surface area contributed by atoms with Crippen molar-refractivity contribution in [2.24, 2.45) is 11.8 Å². The highest BCUT2D eigenvalue weighted by atomic mass is 16.5. The van der Waals surface area contributed by atoms with Gasteiger partial charge in [0.2, 0.25) is 5.91 Å². The maximum atomic E-state index is 11.5. The lowest BCUT2D eigenvalue weighted by Crippen LogP contribution is -2.28. The number of carbonyl (C=O) groups is 3. The quantitative estimate of drug-likeness (QED) is 0.530. The third kappa shape index (κ3) is 11.4. The third-order valence-electron chi connectivity index (χ3n) is 3.42. The second-order valence-electron chi connectivity index (χ2n) is 6.16. The number of ether oxygens (including phenoxy) is 1. The maximum Gasteiger partial charge on any atom is 0.220 e. The first kappa shape index (κ1) is 20.8. The molecule has 0 saturated carbocycles. The molecule has 0 unspecified atom stereocenters. The molecule has 0 aromatic rings. The molecule has 0 spiro atoms. The predicted molar refractivity (Wildman–Crippen MR) is 86.6 cm³/mol. The van der Waals surface area contributed by atoms with Crippen LogP contribution in [-0.2, 0) is 19.1 Å². The summed E-state index contributed by atoms with van der Waals surface area (Å²) < 4.78 is 5.40. The highest BCUT2D eigenvalue weighted by Crippen LogP contribution is 2.04. The van der Waals surface area contributed by atoms with E-state index in [1.807, 2.05) is 27.7 Å². The van der Waals surface area contributed by atoms with Crippen LogP contribution < -0.4 is 5.32 Å². The first-order chi connectivity index (χ1) is 10.3. The molecule has 0 aromatic heterocycles. The molecule has 0 radical (unpaired) electrons. The molecule has 0 aliphatic heterocycles. The number of unbranched alkanes of at least 4 members (excludes halogenated alkanes) is 1. The second-order valence-corrected chi connectivity index (χ2v) is 6.16. The minimum Gasteiger partial charge on any atom is -0.380 e. The average Bonchev–Trinajstić information content (AvgIpc) is 2.46. The third-order valence-corrected chi connectivity index (χ3v) is 3.42. The van der Waals surface area contributed by atoms with Gasteiger partial charge in [0, 0.05) is 44.2 Å². The van der Waals surface area contributed by atoms with Crippen LogP contribution >= 0.6 is 0 Å². The van der Waals surface area contributed by atoms with Crippen molar-refractivity contribution in [2.45, 2.75) is 59.8 Å². The zero-order valence-corrected chi connectivity index (χ0v) is 14.4. The van der Waals surface area contributed by atoms with Crippen molar-refractivity contribution >= 4 is 17.5 Å². The fraction of sp³-hybridized carbons (Fsp3) is 0.824. The summed E-state index contributed by atoms with van der Waals surface area (Å²) in [5.41, 5.74) is 0. The van der Waals surface area contributed by atoms with E-state index in [0.717, 1.165) is 12.8 Å². The molecule has 5 nitrogen and oxygen atoms in total. The van der Waals surface area contributed by atoms with E-state index in [1.54, 1.807) is 0 Å². The maximum absolute atomic E-state index is 11.5. The van der Waals surface area contributed by atoms with E-state index in [1.165, 1.54) is 0 Å². The number of hydrogen-bond acceptors (Lipinski definition) is 4. The Kier molecular flexibility index (Phi) is 11.6. The van der Waals surface area contributed by atoms with E-state index in [-0.39, 0.29) is 29.9 Å². The van der Waals surface area contributed by atoms with Gasteiger partial charge in [0.25, 0.3) is 0 Å². The summed E-state index contributed by atoms with van der Waals surface area (Å²) >= 11 is 0. The highest BCUT2D eigenvalue weighted by Gasteiger charge is 2.09. The zero-order valence-electron chi connectivity index (χ0n) is 14.4. The summed E-state index contributed by atoms with van der Waals surface area (Å²) in [5, 5.41) is 2.73. The Bertz CT molecular complexity index is 351. The predicted octanol–water partition coefficient (Wildman–Crippen LogP) is 2.52. The van der Waals surface area contributed by atoms with E-state index < -0.39 is 0 Å². The Morgan fingerprint density at radius 3 is 2.00 bits per heavy atom. The fourth-order valence-electron chi connectivity index (χ4n) is 1.77. The summed E-state index contributed by atoms with van der Waals surface area (Å²) in [6.45, 7) is 9.02. The number of hydrogen-bond donors (Lipinski definition) is 1. The molecular weight excluding hydrogens is 282 g/mol. The van der Waals surface area contributed by atoms with Crippen LogP contribution in [0.3, 0.4) is 0 Å². The van der Waals surface area contributed by atoms with Crippen LogP contribution in [0, 0.1) is 11.8 Å². The van der Waals surface area contributed by atoms with E-state index >= 15 is 0 Å². The van der Waals surface area contributed by atoms with Crippen molar-refractivity contribution in [3.63, 3.8) is 0 Å². The zero-order chi connectivity index (χ0) is 17.0. The lowest BCUT2D eigenvalue weighted by Gasteiger charge is -2.07. The van der Waals surface area contributed by atoms with Crippen LogP contribution in [0.5, 0.6) is 0 Å². The van der Waals surface area contributed by atoms with Gasteiger partial charge < -0.3 is 10.1 Å². The number of amides is 1. The minimum atomic E-state index is -0.111. The second kappa shape index (κ2) is 12.3. The Labute approximate surface area is 134 Å². The van der Waals surface area contributed by atoms with Crippen molar-refractivity contribution < 1.29 is 19.1 Å². The summed E-state index contributed by atoms with van der Waals surface area (Å²) in [4.78, 5) is 34.3. The molecule has 0 saturated heterocycles. The van der Waals surface area contributed by atoms with Gasteiger partial charge >= 0.3 is 0 Å². The van der Waals surface area contributed by atoms with E-state index in [4.69, 9.17) is 4.74 Å². The molecule has 5 heteroatoms. The lowest BCUT2D eigenvalue weighted by atomic mass is 10.0. The van der Waals surface area contributed by atoms with Crippen LogP contribution in [0.1, 0.15) is 59.8 Å². The summed E-state index contributed by atoms with van der Waals surface area (Å²) in [5.74, 6) is 0.392. The molecule has 0 rings (SSSR count). The molecule has 22 heavy (non-hydrogen) atoms. The molecule has 1 N–H and O–H groups in total. The molecule has 0 fully saturated rings. The van der Waals surface area contributed by atoms with Crippen LogP contribution in [0.25, 0.3) is 0 Å². The lowest BCUT2D eigenvalue weighted by molar-refractivity contribution is -0.126. The van der Waals surface area contributed by atoms with E-state index in [0.29, 0.717) is 38.4 Å². The first-order valence-electron chi connectivity index (χ1n) is 8.24. The number of carbonyl (C=O) groups excluding carboxylic acids is 3. The van der Waals surface area contributed by atoms with Crippen LogP contribution in [0.2, 0.25) is 0 Å². The average molecular weight is 313 g/mol. The minimum absolute atomic E-state index is 0.0151. The van der Waals surface area contributed by atoms with Gasteiger partial charge in [-0.3, -0.25) is 14.4 Å². The largest absolute Gasteiger partial charge is 0.380 e. The standard InChI is InChI=1S/C17H31NO4/c1-13(2)15(19)7-5-6-11-22-12-10-18-17(21)9-8-16(20)14(3)4/h13-14H,5-12H2,1-4H3,(H,18,21). The van der Waals surface area contributed by atoms with Gasteiger partial charge in [-0.15, -0.1) is 0 Å². The van der Waals surface area contributed by atoms with Crippen molar-refractivity contribution in [1.82, 2.24) is 5.32 Å². The van der Waals surface area contributed by atoms with E-state index in [2.05, 4.69) is 5.32 Å². The Hall–Kier alpha value is -1.23. The van der Waals surface area contributed by atoms with Crippen molar-refractivity contribution in [2.75, 3.05) is 19.8 Å². The van der Waals surface area contributed by atoms with Gasteiger partial charge in [-0.25, -0.2) is 0 Å². The molecule has 1 amide bonds. The Morgan fingerprint density at radius 1 is 0.818 bits per heavy atom. The van der Waals surface area contributed by atoms with Gasteiger partial charge in [-0.2, -0.15) is 0 Å². The van der Waals surface area contributed by atoms with Gasteiger partial charge in [-0.05, 0) is 12.8 Å². The molecular formula is C17H31NO4. The van der Waals surface area contributed by atoms with Gasteiger partial charge in [-0.1, -0.05) is 27.7 Å². The van der Waals surface area contributed by atoms with Crippen molar-refractivity contribution in [3.8, 4) is 0 Å². The molecule has 0 aliphatic rings. The number of Topliss-reactive ketones (excluding diaryl/α,β-unsaturated/α-hetero) is 2. The van der Waals surface area contributed by atoms with Crippen LogP contribution in [-0.4, -0.2) is 37.2 Å². The highest BCUT2D eigenvalue weighted by molar-refractivity contribution is 5.85. The Morgan fingerprint density at radius 2 is 1.41 bits per heavy atom. The van der Waals surface area contributed by atoms with Gasteiger partial charge in [0.1, 0.15) is 11.6 Å². The summed E-state index contributed by atoms with van der Waals surface area (Å²) in [7, 11) is 0. The molecule has 0 aliphatic carbocycles. The summed E-state index contributed by atoms with van der Waals surface area (Å²) in [6, 6.07) is 0. The van der Waals surface area contributed by atoms with Crippen LogP contribution in [0.4, 0.5) is 0 Å². The Balaban J connectivity index is 3.41. The van der Waals surface area contributed by atoms with Crippen molar-refractivity contribution in [1.29, 1.82) is 0 Å². The molecule has 128 valence electrons. The van der Waals surface area contributed by atoms with E-state index in [9.17, 15) is 14.4 Å². The van der Waals surface area contributed by atoms with Gasteiger partial charge in [0.05, 0.1) is 6.61 Å². The molecule has 0 heterocycles. The number of nitrogens with one attached hydrogen (secondary N) is 1. The van der Waals surface area contributed by atoms with Crippen molar-refractivity contribution in [3.05, 3.63) is 0 Å². The first-order valence-corrected chi connectivity index (χ1v) is 8.24. The number of rotatable bonds is 13.